The summed E-state index contributed by atoms with van der Waals surface area (Å²) in [5, 5.41) is 11.4. The molecule has 3 fully saturated rings. The van der Waals surface area contributed by atoms with E-state index in [1.807, 2.05) is 13.0 Å². The van der Waals surface area contributed by atoms with E-state index in [2.05, 4.69) is 20.8 Å². The Bertz CT molecular complexity index is 750. The Balaban J connectivity index is 1.53. The molecule has 0 amide bonds. The van der Waals surface area contributed by atoms with E-state index in [4.69, 9.17) is 14.2 Å². The number of fused-ring (bicyclic) bond motifs is 5. The normalized spacial score (nSPS) is 45.7. The zero-order valence-corrected chi connectivity index (χ0v) is 19.2. The summed E-state index contributed by atoms with van der Waals surface area (Å²) in [6.07, 6.45) is 7.02. The molecule has 3 unspecified atom stereocenters. The average Bonchev–Trinajstić information content (AvgIpc) is 2.95. The number of allylic oxidation sites excluding steroid dienone is 2. The van der Waals surface area contributed by atoms with Gasteiger partial charge in [-0.3, -0.25) is 0 Å². The number of rotatable bonds is 6. The number of hydrogen-bond donors (Lipinski definition) is 1. The van der Waals surface area contributed by atoms with Gasteiger partial charge in [0.1, 0.15) is 12.8 Å². The third-order valence-corrected chi connectivity index (χ3v) is 8.64. The lowest BCUT2D eigenvalue weighted by atomic mass is 9.47. The molecule has 174 valence electrons. The smallest absolute Gasteiger partial charge is 0.332 e. The topological polar surface area (TPSA) is 65.0 Å². The number of unbranched alkanes of at least 4 members (excludes halogenated alkanes) is 1. The van der Waals surface area contributed by atoms with Crippen LogP contribution >= 0.6 is 0 Å². The van der Waals surface area contributed by atoms with Crippen LogP contribution in [0.1, 0.15) is 59.8 Å². The van der Waals surface area contributed by atoms with E-state index in [1.165, 1.54) is 6.26 Å². The van der Waals surface area contributed by atoms with Crippen molar-refractivity contribution in [1.29, 1.82) is 0 Å². The molecule has 3 saturated carbocycles. The van der Waals surface area contributed by atoms with Gasteiger partial charge in [0.05, 0.1) is 31.3 Å². The van der Waals surface area contributed by atoms with Crippen LogP contribution in [0, 0.1) is 34.5 Å². The largest absolute Gasteiger partial charge is 0.473 e. The fourth-order valence-corrected chi connectivity index (χ4v) is 7.34. The predicted molar refractivity (Wildman–Crippen MR) is 115 cm³/mol. The SMILES string of the molecule is CCCCOC(=O)CO[C@H]1C(C)C[C@H]2[C@@H]3CC(F)C4=COC=C[C@]4(C)[C@H]3C(O)C[C@]12C. The highest BCUT2D eigenvalue weighted by atomic mass is 19.1. The molecule has 0 aromatic carbocycles. The summed E-state index contributed by atoms with van der Waals surface area (Å²) in [5.41, 5.74) is -0.185. The van der Waals surface area contributed by atoms with Crippen molar-refractivity contribution >= 4 is 5.97 Å². The molecule has 1 aliphatic heterocycles. The first-order chi connectivity index (χ1) is 14.7. The van der Waals surface area contributed by atoms with Gasteiger partial charge in [-0.1, -0.05) is 34.1 Å². The van der Waals surface area contributed by atoms with Crippen molar-refractivity contribution in [3.63, 3.8) is 0 Å². The molecule has 0 spiro atoms. The van der Waals surface area contributed by atoms with Crippen LogP contribution < -0.4 is 0 Å². The molecule has 1 heterocycles. The molecule has 9 atom stereocenters. The first kappa shape index (κ1) is 22.8. The van der Waals surface area contributed by atoms with E-state index in [9.17, 15) is 9.90 Å². The summed E-state index contributed by atoms with van der Waals surface area (Å²) in [7, 11) is 0. The molecule has 0 aromatic heterocycles. The van der Waals surface area contributed by atoms with Gasteiger partial charge in [-0.15, -0.1) is 0 Å². The second-order valence-corrected chi connectivity index (χ2v) is 10.6. The van der Waals surface area contributed by atoms with Crippen LogP contribution in [0.15, 0.2) is 24.2 Å². The van der Waals surface area contributed by atoms with Crippen LogP contribution in [0.4, 0.5) is 4.39 Å². The number of aliphatic hydroxyl groups is 1. The number of ether oxygens (including phenoxy) is 3. The maximum Gasteiger partial charge on any atom is 0.332 e. The predicted octanol–water partition coefficient (Wildman–Crippen LogP) is 4.55. The van der Waals surface area contributed by atoms with E-state index in [1.54, 1.807) is 6.26 Å². The second kappa shape index (κ2) is 8.51. The lowest BCUT2D eigenvalue weighted by Crippen LogP contribution is -2.58. The van der Waals surface area contributed by atoms with Crippen molar-refractivity contribution < 1.29 is 28.5 Å². The van der Waals surface area contributed by atoms with Crippen molar-refractivity contribution in [2.75, 3.05) is 13.2 Å². The zero-order valence-electron chi connectivity index (χ0n) is 19.2. The molecule has 0 bridgehead atoms. The van der Waals surface area contributed by atoms with Gasteiger partial charge in [0, 0.05) is 16.9 Å². The van der Waals surface area contributed by atoms with Gasteiger partial charge < -0.3 is 19.3 Å². The van der Waals surface area contributed by atoms with Crippen molar-refractivity contribution in [2.45, 2.75) is 78.2 Å². The van der Waals surface area contributed by atoms with E-state index in [0.29, 0.717) is 25.0 Å². The summed E-state index contributed by atoms with van der Waals surface area (Å²) < 4.78 is 32.0. The van der Waals surface area contributed by atoms with Gasteiger partial charge in [-0.05, 0) is 54.9 Å². The fourth-order valence-electron chi connectivity index (χ4n) is 7.34. The van der Waals surface area contributed by atoms with Crippen LogP contribution in [0.3, 0.4) is 0 Å². The van der Waals surface area contributed by atoms with E-state index in [0.717, 1.165) is 19.3 Å². The average molecular weight is 437 g/mol. The zero-order chi connectivity index (χ0) is 22.4. The van der Waals surface area contributed by atoms with Crippen LogP contribution in [0.25, 0.3) is 0 Å². The Kier molecular flexibility index (Phi) is 6.25. The van der Waals surface area contributed by atoms with Gasteiger partial charge in [0.2, 0.25) is 0 Å². The molecule has 0 aromatic rings. The molecule has 31 heavy (non-hydrogen) atoms. The van der Waals surface area contributed by atoms with Gasteiger partial charge in [-0.25, -0.2) is 9.18 Å². The minimum atomic E-state index is -1.07. The third kappa shape index (κ3) is 3.74. The van der Waals surface area contributed by atoms with Crippen LogP contribution in [0.5, 0.6) is 0 Å². The number of carbonyl (C=O) groups is 1. The molecule has 6 heteroatoms. The van der Waals surface area contributed by atoms with Crippen LogP contribution in [0.2, 0.25) is 0 Å². The molecule has 4 aliphatic rings. The number of esters is 1. The molecular formula is C25H37FO5. The Morgan fingerprint density at radius 1 is 1.35 bits per heavy atom. The van der Waals surface area contributed by atoms with Crippen LogP contribution in [-0.4, -0.2) is 42.7 Å². The maximum absolute atomic E-state index is 15.3. The Labute approximate surface area is 185 Å². The van der Waals surface area contributed by atoms with Crippen molar-refractivity contribution in [3.8, 4) is 0 Å². The Morgan fingerprint density at radius 2 is 2.13 bits per heavy atom. The number of carbonyl (C=O) groups excluding carboxylic acids is 1. The quantitative estimate of drug-likeness (QED) is 0.489. The summed E-state index contributed by atoms with van der Waals surface area (Å²) >= 11 is 0. The Morgan fingerprint density at radius 3 is 2.87 bits per heavy atom. The second-order valence-electron chi connectivity index (χ2n) is 10.6. The monoisotopic (exact) mass is 436 g/mol. The molecule has 5 nitrogen and oxygen atoms in total. The maximum atomic E-state index is 15.3. The number of hydrogen-bond acceptors (Lipinski definition) is 5. The number of aliphatic hydroxyl groups excluding tert-OH is 1. The van der Waals surface area contributed by atoms with Gasteiger partial charge in [-0.2, -0.15) is 0 Å². The summed E-state index contributed by atoms with van der Waals surface area (Å²) in [6, 6.07) is 0. The standard InChI is InChI=1S/C25H37FO5/c1-5-6-8-30-21(28)14-31-23-15(2)10-17-16-11-19(26)18-13-29-9-7-24(18,3)22(16)20(27)12-25(17,23)4/h7,9,13,15-17,19-20,22-23,27H,5-6,8,10-12,14H2,1-4H3/t15?,16-,17-,19?,20?,22+,23-,24-,25-/m0/s1. The molecule has 4 rings (SSSR count). The number of halogens is 1. The van der Waals surface area contributed by atoms with Gasteiger partial charge in [0.25, 0.3) is 0 Å². The van der Waals surface area contributed by atoms with Crippen molar-refractivity contribution in [3.05, 3.63) is 24.2 Å². The van der Waals surface area contributed by atoms with Crippen LogP contribution in [-0.2, 0) is 19.0 Å². The molecular weight excluding hydrogens is 399 g/mol. The molecule has 1 N–H and O–H groups in total. The molecule has 0 saturated heterocycles. The first-order valence-electron chi connectivity index (χ1n) is 11.9. The van der Waals surface area contributed by atoms with E-state index in [-0.39, 0.29) is 47.8 Å². The minimum Gasteiger partial charge on any atom is -0.473 e. The van der Waals surface area contributed by atoms with Crippen molar-refractivity contribution in [1.82, 2.24) is 0 Å². The van der Waals surface area contributed by atoms with E-state index >= 15 is 4.39 Å². The van der Waals surface area contributed by atoms with Crippen molar-refractivity contribution in [2.24, 2.45) is 34.5 Å². The van der Waals surface area contributed by atoms with Gasteiger partial charge in [0.15, 0.2) is 0 Å². The highest BCUT2D eigenvalue weighted by Crippen LogP contribution is 2.66. The summed E-state index contributed by atoms with van der Waals surface area (Å²) in [4.78, 5) is 12.1. The highest BCUT2D eigenvalue weighted by molar-refractivity contribution is 5.70. The molecule has 0 radical (unpaired) electrons. The lowest BCUT2D eigenvalue weighted by molar-refractivity contribution is -0.166. The molecule has 3 aliphatic carbocycles. The fraction of sp³-hybridized carbons (Fsp3) is 0.800. The highest BCUT2D eigenvalue weighted by Gasteiger charge is 2.65. The summed E-state index contributed by atoms with van der Waals surface area (Å²) in [5.74, 6) is 0.149. The number of alkyl halides is 1. The lowest BCUT2D eigenvalue weighted by Gasteiger charge is -2.58. The third-order valence-electron chi connectivity index (χ3n) is 8.64. The minimum absolute atomic E-state index is 0.0473. The Hall–Kier alpha value is -1.40. The van der Waals surface area contributed by atoms with E-state index < -0.39 is 17.7 Å². The van der Waals surface area contributed by atoms with Gasteiger partial charge >= 0.3 is 5.97 Å². The first-order valence-corrected chi connectivity index (χ1v) is 11.9. The summed E-state index contributed by atoms with van der Waals surface area (Å²) in [6.45, 7) is 8.75.